The number of nitrogens with zero attached hydrogens (tertiary/aromatic N) is 1. The monoisotopic (exact) mass is 311 g/mol. The third-order valence-electron chi connectivity index (χ3n) is 3.83. The van der Waals surface area contributed by atoms with E-state index in [0.717, 1.165) is 42.1 Å². The molecule has 108 valence electrons. The largest absolute Gasteiger partial charge is 0.381 e. The molecule has 0 unspecified atom stereocenters. The lowest BCUT2D eigenvalue weighted by Gasteiger charge is -2.29. The van der Waals surface area contributed by atoms with Gasteiger partial charge in [0.05, 0.1) is 5.69 Å². The Kier molecular flexibility index (Phi) is 4.54. The maximum absolute atomic E-state index is 12.8. The standard InChI is InChI=1S/C15H18ClNO2S/c16-12-2-3-14-13(10-12)17(6-1-9-20-14)15(18)11-4-7-19-8-5-11/h2-3,10-11H,1,4-9H2. The highest BCUT2D eigenvalue weighted by atomic mass is 35.5. The zero-order valence-electron chi connectivity index (χ0n) is 11.3. The Morgan fingerprint density at radius 2 is 2.15 bits per heavy atom. The van der Waals surface area contributed by atoms with Crippen LogP contribution in [0.15, 0.2) is 23.1 Å². The molecule has 2 heterocycles. The van der Waals surface area contributed by atoms with Crippen molar-refractivity contribution in [1.29, 1.82) is 0 Å². The van der Waals surface area contributed by atoms with E-state index < -0.39 is 0 Å². The first-order chi connectivity index (χ1) is 9.75. The summed E-state index contributed by atoms with van der Waals surface area (Å²) >= 11 is 7.93. The first kappa shape index (κ1) is 14.2. The van der Waals surface area contributed by atoms with E-state index in [9.17, 15) is 4.79 Å². The number of carbonyl (C=O) groups is 1. The quantitative estimate of drug-likeness (QED) is 0.793. The molecule has 0 bridgehead atoms. The summed E-state index contributed by atoms with van der Waals surface area (Å²) in [4.78, 5) is 15.9. The SMILES string of the molecule is O=C(C1CCOCC1)N1CCCSc2ccc(Cl)cc21. The van der Waals surface area contributed by atoms with Gasteiger partial charge in [0.25, 0.3) is 0 Å². The van der Waals surface area contributed by atoms with Gasteiger partial charge >= 0.3 is 0 Å². The molecule has 0 saturated carbocycles. The van der Waals surface area contributed by atoms with Gasteiger partial charge in [-0.05, 0) is 43.2 Å². The lowest BCUT2D eigenvalue weighted by Crippen LogP contribution is -2.39. The highest BCUT2D eigenvalue weighted by molar-refractivity contribution is 7.99. The van der Waals surface area contributed by atoms with Crippen molar-refractivity contribution in [2.75, 3.05) is 30.4 Å². The third-order valence-corrected chi connectivity index (χ3v) is 5.22. The van der Waals surface area contributed by atoms with Crippen molar-refractivity contribution in [3.05, 3.63) is 23.2 Å². The number of carbonyl (C=O) groups excluding carboxylic acids is 1. The van der Waals surface area contributed by atoms with E-state index >= 15 is 0 Å². The van der Waals surface area contributed by atoms with Crippen molar-refractivity contribution in [3.63, 3.8) is 0 Å². The third kappa shape index (κ3) is 2.97. The summed E-state index contributed by atoms with van der Waals surface area (Å²) in [6, 6.07) is 5.85. The van der Waals surface area contributed by atoms with Gasteiger partial charge in [0, 0.05) is 35.6 Å². The minimum absolute atomic E-state index is 0.0960. The molecule has 20 heavy (non-hydrogen) atoms. The van der Waals surface area contributed by atoms with Gasteiger partial charge in [0.15, 0.2) is 0 Å². The lowest BCUT2D eigenvalue weighted by molar-refractivity contribution is -0.125. The number of benzene rings is 1. The van der Waals surface area contributed by atoms with E-state index in [2.05, 4.69) is 0 Å². The normalized spacial score (nSPS) is 20.4. The Balaban J connectivity index is 1.88. The predicted octanol–water partition coefficient (Wildman–Crippen LogP) is 3.60. The van der Waals surface area contributed by atoms with Crippen LogP contribution in [0.4, 0.5) is 5.69 Å². The highest BCUT2D eigenvalue weighted by Crippen LogP contribution is 2.37. The van der Waals surface area contributed by atoms with E-state index in [-0.39, 0.29) is 11.8 Å². The van der Waals surface area contributed by atoms with Crippen LogP contribution in [-0.4, -0.2) is 31.4 Å². The van der Waals surface area contributed by atoms with E-state index in [4.69, 9.17) is 16.3 Å². The second kappa shape index (κ2) is 6.37. The van der Waals surface area contributed by atoms with Gasteiger partial charge in [0.2, 0.25) is 5.91 Å². The summed E-state index contributed by atoms with van der Waals surface area (Å²) < 4.78 is 5.35. The molecule has 0 atom stereocenters. The average molecular weight is 312 g/mol. The first-order valence-corrected chi connectivity index (χ1v) is 8.43. The molecular weight excluding hydrogens is 294 g/mol. The summed E-state index contributed by atoms with van der Waals surface area (Å²) in [5.41, 5.74) is 0.983. The van der Waals surface area contributed by atoms with Gasteiger partial charge in [-0.3, -0.25) is 4.79 Å². The molecular formula is C15H18ClNO2S. The minimum Gasteiger partial charge on any atom is -0.381 e. The van der Waals surface area contributed by atoms with Crippen LogP contribution in [-0.2, 0) is 9.53 Å². The van der Waals surface area contributed by atoms with Crippen molar-refractivity contribution in [1.82, 2.24) is 0 Å². The molecule has 0 N–H and O–H groups in total. The number of ether oxygens (including phenoxy) is 1. The zero-order chi connectivity index (χ0) is 13.9. The molecule has 1 aromatic rings. The van der Waals surface area contributed by atoms with Gasteiger partial charge in [0.1, 0.15) is 0 Å². The minimum atomic E-state index is 0.0960. The lowest BCUT2D eigenvalue weighted by atomic mass is 9.98. The van der Waals surface area contributed by atoms with Gasteiger partial charge in [-0.1, -0.05) is 11.6 Å². The number of hydrogen-bond acceptors (Lipinski definition) is 3. The molecule has 5 heteroatoms. The summed E-state index contributed by atoms with van der Waals surface area (Å²) in [6.07, 6.45) is 2.68. The summed E-state index contributed by atoms with van der Waals surface area (Å²) in [5.74, 6) is 1.38. The molecule has 2 aliphatic heterocycles. The Labute approximate surface area is 128 Å². The summed E-state index contributed by atoms with van der Waals surface area (Å²) in [5, 5.41) is 0.691. The molecule has 1 saturated heterocycles. The van der Waals surface area contributed by atoms with Crippen molar-refractivity contribution >= 4 is 35.0 Å². The van der Waals surface area contributed by atoms with Gasteiger partial charge in [-0.25, -0.2) is 0 Å². The van der Waals surface area contributed by atoms with Crippen LogP contribution < -0.4 is 4.90 Å². The van der Waals surface area contributed by atoms with E-state index in [1.807, 2.05) is 34.9 Å². The molecule has 0 aliphatic carbocycles. The molecule has 3 rings (SSSR count). The highest BCUT2D eigenvalue weighted by Gasteiger charge is 2.29. The van der Waals surface area contributed by atoms with Crippen LogP contribution in [0.5, 0.6) is 0 Å². The summed E-state index contributed by atoms with van der Waals surface area (Å²) in [6.45, 7) is 2.18. The molecule has 0 radical (unpaired) electrons. The maximum atomic E-state index is 12.8. The van der Waals surface area contributed by atoms with Crippen LogP contribution >= 0.6 is 23.4 Å². The predicted molar refractivity (Wildman–Crippen MR) is 82.7 cm³/mol. The number of rotatable bonds is 1. The van der Waals surface area contributed by atoms with Gasteiger partial charge < -0.3 is 9.64 Å². The summed E-state index contributed by atoms with van der Waals surface area (Å²) in [7, 11) is 0. The Morgan fingerprint density at radius 3 is 2.95 bits per heavy atom. The molecule has 3 nitrogen and oxygen atoms in total. The van der Waals surface area contributed by atoms with Crippen LogP contribution in [0.25, 0.3) is 0 Å². The smallest absolute Gasteiger partial charge is 0.230 e. The Hall–Kier alpha value is -0.710. The fourth-order valence-electron chi connectivity index (χ4n) is 2.74. The van der Waals surface area contributed by atoms with Crippen molar-refractivity contribution < 1.29 is 9.53 Å². The number of thioether (sulfide) groups is 1. The number of halogens is 1. The van der Waals surface area contributed by atoms with Crippen LogP contribution in [0, 0.1) is 5.92 Å². The molecule has 1 fully saturated rings. The van der Waals surface area contributed by atoms with E-state index in [0.29, 0.717) is 18.2 Å². The van der Waals surface area contributed by atoms with Gasteiger partial charge in [-0.15, -0.1) is 11.8 Å². The fourth-order valence-corrected chi connectivity index (χ4v) is 3.88. The molecule has 1 amide bonds. The van der Waals surface area contributed by atoms with Crippen molar-refractivity contribution in [3.8, 4) is 0 Å². The topological polar surface area (TPSA) is 29.5 Å². The second-order valence-corrected chi connectivity index (χ2v) is 6.76. The van der Waals surface area contributed by atoms with Crippen LogP contribution in [0.1, 0.15) is 19.3 Å². The second-order valence-electron chi connectivity index (χ2n) is 5.19. The van der Waals surface area contributed by atoms with E-state index in [1.165, 1.54) is 0 Å². The van der Waals surface area contributed by atoms with Crippen LogP contribution in [0.2, 0.25) is 5.02 Å². The maximum Gasteiger partial charge on any atom is 0.230 e. The number of fused-ring (bicyclic) bond motifs is 1. The fraction of sp³-hybridized carbons (Fsp3) is 0.533. The first-order valence-electron chi connectivity index (χ1n) is 7.07. The molecule has 0 aromatic heterocycles. The zero-order valence-corrected chi connectivity index (χ0v) is 12.9. The Morgan fingerprint density at radius 1 is 1.35 bits per heavy atom. The Bertz CT molecular complexity index is 503. The van der Waals surface area contributed by atoms with Crippen molar-refractivity contribution in [2.45, 2.75) is 24.2 Å². The number of amides is 1. The molecule has 0 spiro atoms. The van der Waals surface area contributed by atoms with Crippen molar-refractivity contribution in [2.24, 2.45) is 5.92 Å². The van der Waals surface area contributed by atoms with E-state index in [1.54, 1.807) is 0 Å². The number of hydrogen-bond donors (Lipinski definition) is 0. The van der Waals surface area contributed by atoms with Crippen LogP contribution in [0.3, 0.4) is 0 Å². The average Bonchev–Trinajstić information content (AvgIpc) is 2.69. The molecule has 2 aliphatic rings. The number of anilines is 1. The van der Waals surface area contributed by atoms with Gasteiger partial charge in [-0.2, -0.15) is 0 Å². The molecule has 1 aromatic carbocycles.